The number of nitrogens with zero attached hydrogens (tertiary/aromatic N) is 1. The zero-order chi connectivity index (χ0) is 13.1. The lowest BCUT2D eigenvalue weighted by Gasteiger charge is -2.25. The Balaban J connectivity index is 2.15. The van der Waals surface area contributed by atoms with Gasteiger partial charge in [-0.1, -0.05) is 12.1 Å². The molecule has 1 amide bonds. The van der Waals surface area contributed by atoms with Gasteiger partial charge in [0.25, 0.3) is 0 Å². The molecule has 0 spiro atoms. The largest absolute Gasteiger partial charge is 0.497 e. The van der Waals surface area contributed by atoms with E-state index in [9.17, 15) is 4.79 Å². The summed E-state index contributed by atoms with van der Waals surface area (Å²) >= 11 is 5.84. The predicted octanol–water partition coefficient (Wildman–Crippen LogP) is 2.84. The molecule has 0 radical (unpaired) electrons. The van der Waals surface area contributed by atoms with E-state index in [1.165, 1.54) is 0 Å². The second-order valence-electron chi connectivity index (χ2n) is 4.72. The summed E-state index contributed by atoms with van der Waals surface area (Å²) in [5.74, 6) is 1.84. The Morgan fingerprint density at radius 1 is 1.56 bits per heavy atom. The molecule has 1 aliphatic rings. The number of benzene rings is 1. The molecule has 0 saturated carbocycles. The number of rotatable bonds is 4. The molecule has 1 fully saturated rings. The third kappa shape index (κ3) is 2.61. The quantitative estimate of drug-likeness (QED) is 0.785. The third-order valence-electron chi connectivity index (χ3n) is 3.50. The zero-order valence-corrected chi connectivity index (χ0v) is 11.5. The number of alkyl halides is 1. The highest BCUT2D eigenvalue weighted by Crippen LogP contribution is 2.30. The van der Waals surface area contributed by atoms with Crippen LogP contribution >= 0.6 is 11.6 Å². The van der Waals surface area contributed by atoms with E-state index < -0.39 is 0 Å². The van der Waals surface area contributed by atoms with Crippen molar-refractivity contribution in [3.8, 4) is 5.75 Å². The van der Waals surface area contributed by atoms with Gasteiger partial charge in [-0.05, 0) is 30.5 Å². The molecule has 0 N–H and O–H groups in total. The lowest BCUT2D eigenvalue weighted by molar-refractivity contribution is -0.129. The SMILES string of the molecule is COc1cccc(C(C)N2CC(CCl)CC2=O)c1. The van der Waals surface area contributed by atoms with Gasteiger partial charge >= 0.3 is 0 Å². The molecule has 0 bridgehead atoms. The van der Waals surface area contributed by atoms with Crippen LogP contribution in [0.2, 0.25) is 0 Å². The fourth-order valence-electron chi connectivity index (χ4n) is 2.37. The zero-order valence-electron chi connectivity index (χ0n) is 10.7. The smallest absolute Gasteiger partial charge is 0.223 e. The van der Waals surface area contributed by atoms with Crippen molar-refractivity contribution in [1.82, 2.24) is 4.90 Å². The topological polar surface area (TPSA) is 29.5 Å². The predicted molar refractivity (Wildman–Crippen MR) is 71.9 cm³/mol. The van der Waals surface area contributed by atoms with Crippen molar-refractivity contribution in [3.63, 3.8) is 0 Å². The van der Waals surface area contributed by atoms with Crippen molar-refractivity contribution in [2.24, 2.45) is 5.92 Å². The maximum Gasteiger partial charge on any atom is 0.223 e. The molecule has 98 valence electrons. The van der Waals surface area contributed by atoms with Gasteiger partial charge in [0.05, 0.1) is 13.2 Å². The van der Waals surface area contributed by atoms with E-state index in [2.05, 4.69) is 0 Å². The Morgan fingerprint density at radius 3 is 2.94 bits per heavy atom. The van der Waals surface area contributed by atoms with Crippen molar-refractivity contribution in [2.75, 3.05) is 19.5 Å². The van der Waals surface area contributed by atoms with Gasteiger partial charge in [-0.2, -0.15) is 0 Å². The van der Waals surface area contributed by atoms with Gasteiger partial charge in [-0.3, -0.25) is 4.79 Å². The number of halogens is 1. The monoisotopic (exact) mass is 267 g/mol. The van der Waals surface area contributed by atoms with Gasteiger partial charge in [-0.15, -0.1) is 11.6 Å². The molecule has 0 aromatic heterocycles. The first kappa shape index (κ1) is 13.2. The number of hydrogen-bond donors (Lipinski definition) is 0. The first-order valence-electron chi connectivity index (χ1n) is 6.15. The molecule has 0 aliphatic carbocycles. The summed E-state index contributed by atoms with van der Waals surface area (Å²) in [6, 6.07) is 7.93. The van der Waals surface area contributed by atoms with Crippen LogP contribution in [-0.4, -0.2) is 30.3 Å². The number of hydrogen-bond acceptors (Lipinski definition) is 2. The summed E-state index contributed by atoms with van der Waals surface area (Å²) in [4.78, 5) is 13.9. The fourth-order valence-corrected chi connectivity index (χ4v) is 2.57. The molecule has 3 nitrogen and oxygen atoms in total. The van der Waals surface area contributed by atoms with Gasteiger partial charge in [0.1, 0.15) is 5.75 Å². The maximum absolute atomic E-state index is 11.9. The van der Waals surface area contributed by atoms with E-state index in [1.807, 2.05) is 36.1 Å². The lowest BCUT2D eigenvalue weighted by Crippen LogP contribution is -2.28. The summed E-state index contributed by atoms with van der Waals surface area (Å²) < 4.78 is 5.21. The number of ether oxygens (including phenoxy) is 1. The van der Waals surface area contributed by atoms with Gasteiger partial charge < -0.3 is 9.64 Å². The highest BCUT2D eigenvalue weighted by molar-refractivity contribution is 6.18. The molecular formula is C14H18ClNO2. The fraction of sp³-hybridized carbons (Fsp3) is 0.500. The van der Waals surface area contributed by atoms with Crippen LogP contribution in [0, 0.1) is 5.92 Å². The maximum atomic E-state index is 11.9. The van der Waals surface area contributed by atoms with Gasteiger partial charge in [-0.25, -0.2) is 0 Å². The number of methoxy groups -OCH3 is 1. The lowest BCUT2D eigenvalue weighted by atomic mass is 10.1. The molecular weight excluding hydrogens is 250 g/mol. The van der Waals surface area contributed by atoms with Gasteiger partial charge in [0, 0.05) is 18.8 Å². The minimum atomic E-state index is 0.0702. The van der Waals surface area contributed by atoms with Crippen molar-refractivity contribution in [2.45, 2.75) is 19.4 Å². The van der Waals surface area contributed by atoms with Crippen LogP contribution in [0.4, 0.5) is 0 Å². The van der Waals surface area contributed by atoms with Crippen LogP contribution < -0.4 is 4.74 Å². The second-order valence-corrected chi connectivity index (χ2v) is 5.03. The van der Waals surface area contributed by atoms with Gasteiger partial charge in [0.2, 0.25) is 5.91 Å². The average molecular weight is 268 g/mol. The van der Waals surface area contributed by atoms with Crippen LogP contribution in [0.25, 0.3) is 0 Å². The van der Waals surface area contributed by atoms with Crippen LogP contribution in [0.15, 0.2) is 24.3 Å². The molecule has 1 heterocycles. The molecule has 1 aromatic carbocycles. The summed E-state index contributed by atoms with van der Waals surface area (Å²) in [6.45, 7) is 2.80. The van der Waals surface area contributed by atoms with E-state index in [0.29, 0.717) is 12.3 Å². The minimum absolute atomic E-state index is 0.0702. The standard InChI is InChI=1S/C14H18ClNO2/c1-10(12-4-3-5-13(7-12)18-2)16-9-11(8-15)6-14(16)17/h3-5,7,10-11H,6,8-9H2,1-2H3. The normalized spacial score (nSPS) is 21.2. The van der Waals surface area contributed by atoms with Crippen molar-refractivity contribution < 1.29 is 9.53 Å². The Hall–Kier alpha value is -1.22. The summed E-state index contributed by atoms with van der Waals surface area (Å²) in [6.07, 6.45) is 0.567. The molecule has 4 heteroatoms. The number of amides is 1. The Kier molecular flexibility index (Phi) is 4.12. The highest BCUT2D eigenvalue weighted by Gasteiger charge is 2.32. The highest BCUT2D eigenvalue weighted by atomic mass is 35.5. The number of carbonyl (C=O) groups is 1. The van der Waals surface area contributed by atoms with Crippen LogP contribution in [0.1, 0.15) is 24.9 Å². The van der Waals surface area contributed by atoms with Crippen LogP contribution in [0.3, 0.4) is 0 Å². The molecule has 2 unspecified atom stereocenters. The summed E-state index contributed by atoms with van der Waals surface area (Å²) in [5.41, 5.74) is 1.10. The summed E-state index contributed by atoms with van der Waals surface area (Å²) in [5, 5.41) is 0. The van der Waals surface area contributed by atoms with E-state index in [0.717, 1.165) is 17.9 Å². The van der Waals surface area contributed by atoms with Crippen molar-refractivity contribution in [1.29, 1.82) is 0 Å². The van der Waals surface area contributed by atoms with E-state index in [1.54, 1.807) is 7.11 Å². The molecule has 1 aromatic rings. The molecule has 18 heavy (non-hydrogen) atoms. The van der Waals surface area contributed by atoms with Gasteiger partial charge in [0.15, 0.2) is 0 Å². The van der Waals surface area contributed by atoms with Crippen molar-refractivity contribution in [3.05, 3.63) is 29.8 Å². The Bertz CT molecular complexity index is 436. The molecule has 1 saturated heterocycles. The average Bonchev–Trinajstić information content (AvgIpc) is 2.79. The second kappa shape index (κ2) is 5.61. The first-order valence-corrected chi connectivity index (χ1v) is 6.68. The van der Waals surface area contributed by atoms with E-state index >= 15 is 0 Å². The van der Waals surface area contributed by atoms with Crippen LogP contribution in [-0.2, 0) is 4.79 Å². The third-order valence-corrected chi connectivity index (χ3v) is 3.94. The van der Waals surface area contributed by atoms with E-state index in [-0.39, 0.29) is 17.9 Å². The minimum Gasteiger partial charge on any atom is -0.497 e. The Labute approximate surface area is 113 Å². The van der Waals surface area contributed by atoms with Crippen LogP contribution in [0.5, 0.6) is 5.75 Å². The molecule has 1 aliphatic heterocycles. The summed E-state index contributed by atoms with van der Waals surface area (Å²) in [7, 11) is 1.65. The number of likely N-dealkylation sites (tertiary alicyclic amines) is 1. The molecule has 2 atom stereocenters. The van der Waals surface area contributed by atoms with Crippen molar-refractivity contribution >= 4 is 17.5 Å². The Morgan fingerprint density at radius 2 is 2.33 bits per heavy atom. The van der Waals surface area contributed by atoms with E-state index in [4.69, 9.17) is 16.3 Å². The molecule has 2 rings (SSSR count). The number of carbonyl (C=O) groups excluding carboxylic acids is 1. The first-order chi connectivity index (χ1) is 8.65.